The van der Waals surface area contributed by atoms with Gasteiger partial charge in [-0.1, -0.05) is 18.2 Å². The van der Waals surface area contributed by atoms with Crippen LogP contribution in [-0.2, 0) is 9.53 Å². The van der Waals surface area contributed by atoms with Crippen LogP contribution in [0, 0.1) is 17.8 Å². The van der Waals surface area contributed by atoms with Gasteiger partial charge in [0.2, 0.25) is 0 Å². The number of piperidine rings is 1. The fourth-order valence-corrected chi connectivity index (χ4v) is 6.25. The average molecular weight is 385 g/mol. The number of likely N-dealkylation sites (tertiary alicyclic amines) is 1. The van der Waals surface area contributed by atoms with Crippen LogP contribution in [-0.4, -0.2) is 49.2 Å². The molecule has 0 amide bonds. The van der Waals surface area contributed by atoms with Crippen molar-refractivity contribution >= 4 is 11.7 Å². The smallest absolute Gasteiger partial charge is 0.309 e. The van der Waals surface area contributed by atoms with Crippen molar-refractivity contribution in [2.75, 3.05) is 31.1 Å². The van der Waals surface area contributed by atoms with Gasteiger partial charge in [0.1, 0.15) is 0 Å². The van der Waals surface area contributed by atoms with Crippen molar-refractivity contribution in [3.8, 4) is 0 Å². The summed E-state index contributed by atoms with van der Waals surface area (Å²) in [5, 5.41) is 0. The van der Waals surface area contributed by atoms with Crippen molar-refractivity contribution in [3.05, 3.63) is 30.3 Å². The third-order valence-electron chi connectivity index (χ3n) is 7.52. The van der Waals surface area contributed by atoms with E-state index in [0.29, 0.717) is 30.5 Å². The van der Waals surface area contributed by atoms with Gasteiger partial charge in [-0.2, -0.15) is 0 Å². The number of para-hydroxylation sites is 1. The molecule has 0 radical (unpaired) electrons. The van der Waals surface area contributed by atoms with Gasteiger partial charge in [-0.15, -0.1) is 0 Å². The van der Waals surface area contributed by atoms with Crippen LogP contribution in [0.1, 0.15) is 52.4 Å². The summed E-state index contributed by atoms with van der Waals surface area (Å²) in [6, 6.07) is 12.2. The van der Waals surface area contributed by atoms with Gasteiger partial charge in [-0.05, 0) is 76.3 Å². The number of carbonyl (C=O) groups excluding carboxylic acids is 1. The molecule has 1 aliphatic heterocycles. The molecule has 3 fully saturated rings. The van der Waals surface area contributed by atoms with E-state index in [1.807, 2.05) is 6.92 Å². The molecular formula is C24H36N2O2. The highest BCUT2D eigenvalue weighted by molar-refractivity contribution is 5.73. The molecule has 1 aromatic carbocycles. The van der Waals surface area contributed by atoms with Crippen molar-refractivity contribution in [1.82, 2.24) is 4.90 Å². The third kappa shape index (κ3) is 3.94. The summed E-state index contributed by atoms with van der Waals surface area (Å²) in [5.74, 6) is 1.37. The zero-order valence-electron chi connectivity index (χ0n) is 17.6. The zero-order valence-corrected chi connectivity index (χ0v) is 17.6. The highest BCUT2D eigenvalue weighted by Gasteiger charge is 2.48. The molecule has 154 valence electrons. The summed E-state index contributed by atoms with van der Waals surface area (Å²) in [5.41, 5.74) is 1.36. The molecule has 0 N–H and O–H groups in total. The molecule has 1 saturated heterocycles. The lowest BCUT2D eigenvalue weighted by molar-refractivity contribution is -0.152. The second-order valence-corrected chi connectivity index (χ2v) is 8.89. The third-order valence-corrected chi connectivity index (χ3v) is 7.52. The fraction of sp³-hybridized carbons (Fsp3) is 0.708. The molecule has 4 atom stereocenters. The quantitative estimate of drug-likeness (QED) is 0.683. The number of hydrogen-bond acceptors (Lipinski definition) is 4. The number of anilines is 1. The van der Waals surface area contributed by atoms with Crippen molar-refractivity contribution in [2.24, 2.45) is 17.8 Å². The molecule has 4 heteroatoms. The lowest BCUT2D eigenvalue weighted by atomic mass is 9.75. The summed E-state index contributed by atoms with van der Waals surface area (Å²) in [7, 11) is 0. The lowest BCUT2D eigenvalue weighted by Gasteiger charge is -2.45. The summed E-state index contributed by atoms with van der Waals surface area (Å²) in [4.78, 5) is 17.7. The van der Waals surface area contributed by atoms with Crippen LogP contribution < -0.4 is 4.90 Å². The Bertz CT molecular complexity index is 627. The van der Waals surface area contributed by atoms with Gasteiger partial charge in [0.15, 0.2) is 0 Å². The molecule has 3 unspecified atom stereocenters. The first-order chi connectivity index (χ1) is 13.7. The monoisotopic (exact) mass is 384 g/mol. The Labute approximate surface area is 170 Å². The molecule has 0 spiro atoms. The zero-order chi connectivity index (χ0) is 19.5. The Morgan fingerprint density at radius 2 is 1.68 bits per heavy atom. The van der Waals surface area contributed by atoms with E-state index in [0.717, 1.165) is 6.54 Å². The summed E-state index contributed by atoms with van der Waals surface area (Å²) >= 11 is 0. The van der Waals surface area contributed by atoms with Crippen molar-refractivity contribution in [1.29, 1.82) is 0 Å². The van der Waals surface area contributed by atoms with Gasteiger partial charge >= 0.3 is 5.97 Å². The van der Waals surface area contributed by atoms with Crippen LogP contribution >= 0.6 is 0 Å². The molecule has 3 aliphatic rings. The number of nitrogens with zero attached hydrogens (tertiary/aromatic N) is 2. The van der Waals surface area contributed by atoms with Crippen molar-refractivity contribution in [3.63, 3.8) is 0 Å². The minimum atomic E-state index is 0.0774. The minimum Gasteiger partial charge on any atom is -0.466 e. The normalized spacial score (nSPS) is 30.9. The molecule has 2 bridgehead atoms. The highest BCUT2D eigenvalue weighted by atomic mass is 16.5. The van der Waals surface area contributed by atoms with Crippen molar-refractivity contribution < 1.29 is 9.53 Å². The summed E-state index contributed by atoms with van der Waals surface area (Å²) in [6.45, 7) is 8.17. The number of fused-ring (bicyclic) bond motifs is 2. The second kappa shape index (κ2) is 8.86. The Morgan fingerprint density at radius 3 is 2.25 bits per heavy atom. The minimum absolute atomic E-state index is 0.0774. The maximum Gasteiger partial charge on any atom is 0.309 e. The maximum atomic E-state index is 12.4. The number of ether oxygens (including phenoxy) is 1. The largest absolute Gasteiger partial charge is 0.466 e. The number of benzene rings is 1. The number of esters is 1. The van der Waals surface area contributed by atoms with Gasteiger partial charge in [-0.25, -0.2) is 0 Å². The topological polar surface area (TPSA) is 32.8 Å². The second-order valence-electron chi connectivity index (χ2n) is 8.89. The first-order valence-electron chi connectivity index (χ1n) is 11.4. The fourth-order valence-electron chi connectivity index (χ4n) is 6.25. The molecule has 4 nitrogen and oxygen atoms in total. The number of rotatable bonds is 6. The van der Waals surface area contributed by atoms with Crippen LogP contribution in [0.2, 0.25) is 0 Å². The van der Waals surface area contributed by atoms with Crippen LogP contribution in [0.25, 0.3) is 0 Å². The predicted octanol–water partition coefficient (Wildman–Crippen LogP) is 4.35. The molecule has 0 aromatic heterocycles. The predicted molar refractivity (Wildman–Crippen MR) is 113 cm³/mol. The van der Waals surface area contributed by atoms with E-state index in [9.17, 15) is 4.79 Å². The van der Waals surface area contributed by atoms with E-state index in [-0.39, 0.29) is 11.9 Å². The van der Waals surface area contributed by atoms with Gasteiger partial charge in [0, 0.05) is 37.4 Å². The Balaban J connectivity index is 1.33. The van der Waals surface area contributed by atoms with Crippen LogP contribution in [0.15, 0.2) is 30.3 Å². The van der Waals surface area contributed by atoms with Crippen LogP contribution in [0.3, 0.4) is 0 Å². The molecule has 2 saturated carbocycles. The number of carbonyl (C=O) groups is 1. The molecule has 1 heterocycles. The van der Waals surface area contributed by atoms with Gasteiger partial charge in [0.25, 0.3) is 0 Å². The van der Waals surface area contributed by atoms with Gasteiger partial charge < -0.3 is 14.5 Å². The molecule has 1 aromatic rings. The van der Waals surface area contributed by atoms with E-state index in [2.05, 4.69) is 47.1 Å². The van der Waals surface area contributed by atoms with E-state index in [1.54, 1.807) is 0 Å². The first-order valence-corrected chi connectivity index (χ1v) is 11.4. The lowest BCUT2D eigenvalue weighted by Crippen LogP contribution is -2.51. The van der Waals surface area contributed by atoms with Crippen LogP contribution in [0.5, 0.6) is 0 Å². The standard InChI is InChI=1S/C24H36N2O2/c1-3-26(20-8-6-5-7-9-20)21-12-14-25(15-13-21)22-16-18-10-11-19(17-22)23(18)24(27)28-4-2/h5-9,18-19,21-23H,3-4,10-17H2,1-2H3/t18-,19?,22?,23?/m0/s1. The van der Waals surface area contributed by atoms with E-state index < -0.39 is 0 Å². The molecule has 28 heavy (non-hydrogen) atoms. The Hall–Kier alpha value is -1.55. The molecular weight excluding hydrogens is 348 g/mol. The highest BCUT2D eigenvalue weighted by Crippen LogP contribution is 2.49. The average Bonchev–Trinajstić information content (AvgIpc) is 3.00. The van der Waals surface area contributed by atoms with Crippen LogP contribution in [0.4, 0.5) is 5.69 Å². The SMILES string of the molecule is CCOC(=O)C1C2CC[C@H]1CC(N1CCC(N(CC)c3ccccc3)CC1)C2. The molecule has 4 rings (SSSR count). The summed E-state index contributed by atoms with van der Waals surface area (Å²) in [6.07, 6.45) is 7.32. The van der Waals surface area contributed by atoms with E-state index >= 15 is 0 Å². The van der Waals surface area contributed by atoms with E-state index in [1.165, 1.54) is 57.3 Å². The first kappa shape index (κ1) is 19.8. The number of hydrogen-bond donors (Lipinski definition) is 0. The molecule has 2 aliphatic carbocycles. The maximum absolute atomic E-state index is 12.4. The van der Waals surface area contributed by atoms with Crippen molar-refractivity contribution in [2.45, 2.75) is 64.5 Å². The summed E-state index contributed by atoms with van der Waals surface area (Å²) < 4.78 is 5.38. The Morgan fingerprint density at radius 1 is 1.04 bits per heavy atom. The van der Waals surface area contributed by atoms with E-state index in [4.69, 9.17) is 4.74 Å². The van der Waals surface area contributed by atoms with Gasteiger partial charge in [0.05, 0.1) is 12.5 Å². The Kier molecular flexibility index (Phi) is 6.25. The van der Waals surface area contributed by atoms with Gasteiger partial charge in [-0.3, -0.25) is 4.79 Å².